The second-order valence-electron chi connectivity index (χ2n) is 7.22. The first-order valence-corrected chi connectivity index (χ1v) is 10.3. The summed E-state index contributed by atoms with van der Waals surface area (Å²) in [5, 5.41) is 3.03. The highest BCUT2D eigenvalue weighted by atomic mass is 35.5. The van der Waals surface area contributed by atoms with Crippen LogP contribution in [0.5, 0.6) is 0 Å². The van der Waals surface area contributed by atoms with E-state index in [-0.39, 0.29) is 18.3 Å². The quantitative estimate of drug-likeness (QED) is 0.444. The van der Waals surface area contributed by atoms with Gasteiger partial charge in [-0.1, -0.05) is 30.3 Å². The molecule has 1 amide bonds. The van der Waals surface area contributed by atoms with Crippen LogP contribution in [0.4, 0.5) is 11.4 Å². The van der Waals surface area contributed by atoms with Gasteiger partial charge in [0.1, 0.15) is 0 Å². The summed E-state index contributed by atoms with van der Waals surface area (Å²) in [4.78, 5) is 14.6. The summed E-state index contributed by atoms with van der Waals surface area (Å²) in [6.07, 6.45) is 1.99. The second-order valence-corrected chi connectivity index (χ2v) is 7.22. The Morgan fingerprint density at radius 3 is 2.73 bits per heavy atom. The summed E-state index contributed by atoms with van der Waals surface area (Å²) in [6.45, 7) is 6.12. The number of halogens is 1. The first kappa shape index (κ1) is 24.0. The van der Waals surface area contributed by atoms with Crippen LogP contribution in [0.25, 0.3) is 0 Å². The number of fused-ring (bicyclic) bond motifs is 1. The van der Waals surface area contributed by atoms with E-state index in [1.54, 1.807) is 0 Å². The number of anilines is 2. The number of carbonyl (C=O) groups excluding carboxylic acids is 1. The number of amides is 1. The lowest BCUT2D eigenvalue weighted by Crippen LogP contribution is -2.39. The molecule has 0 aliphatic carbocycles. The minimum atomic E-state index is 0. The molecule has 0 unspecified atom stereocenters. The fourth-order valence-electron chi connectivity index (χ4n) is 3.60. The molecule has 7 heteroatoms. The van der Waals surface area contributed by atoms with Crippen LogP contribution < -0.4 is 16.0 Å². The van der Waals surface area contributed by atoms with Gasteiger partial charge in [-0.05, 0) is 48.6 Å². The minimum absolute atomic E-state index is 0. The van der Waals surface area contributed by atoms with Gasteiger partial charge in [0.15, 0.2) is 0 Å². The van der Waals surface area contributed by atoms with Crippen molar-refractivity contribution in [1.82, 2.24) is 5.32 Å². The van der Waals surface area contributed by atoms with Gasteiger partial charge in [-0.25, -0.2) is 0 Å². The van der Waals surface area contributed by atoms with Gasteiger partial charge in [0.05, 0.1) is 26.4 Å². The van der Waals surface area contributed by atoms with E-state index >= 15 is 0 Å². The Morgan fingerprint density at radius 2 is 1.90 bits per heavy atom. The van der Waals surface area contributed by atoms with Crippen molar-refractivity contribution in [1.29, 1.82) is 0 Å². The van der Waals surface area contributed by atoms with Crippen LogP contribution in [0.3, 0.4) is 0 Å². The molecule has 3 N–H and O–H groups in total. The third-order valence-corrected chi connectivity index (χ3v) is 5.04. The zero-order valence-electron chi connectivity index (χ0n) is 17.6. The summed E-state index contributed by atoms with van der Waals surface area (Å²) in [5.74, 6) is 0.0126. The van der Waals surface area contributed by atoms with Gasteiger partial charge in [-0.3, -0.25) is 4.79 Å². The van der Waals surface area contributed by atoms with Gasteiger partial charge in [-0.15, -0.1) is 12.4 Å². The molecule has 1 heterocycles. The van der Waals surface area contributed by atoms with Gasteiger partial charge in [-0.2, -0.15) is 0 Å². The van der Waals surface area contributed by atoms with Crippen molar-refractivity contribution in [2.24, 2.45) is 0 Å². The number of rotatable bonds is 10. The summed E-state index contributed by atoms with van der Waals surface area (Å²) >= 11 is 0. The van der Waals surface area contributed by atoms with Crippen molar-refractivity contribution < 1.29 is 14.3 Å². The molecule has 0 radical (unpaired) electrons. The van der Waals surface area contributed by atoms with E-state index in [0.717, 1.165) is 47.5 Å². The van der Waals surface area contributed by atoms with Crippen LogP contribution in [0.2, 0.25) is 0 Å². The smallest absolute Gasteiger partial charge is 0.239 e. The minimum Gasteiger partial charge on any atom is -0.398 e. The van der Waals surface area contributed by atoms with Crippen molar-refractivity contribution in [3.05, 3.63) is 59.2 Å². The molecule has 0 saturated carbocycles. The van der Waals surface area contributed by atoms with Crippen LogP contribution in [-0.2, 0) is 33.8 Å². The molecule has 6 nitrogen and oxygen atoms in total. The lowest BCUT2D eigenvalue weighted by molar-refractivity contribution is -0.119. The topological polar surface area (TPSA) is 76.8 Å². The number of nitrogen functional groups attached to an aromatic ring is 1. The molecule has 3 rings (SSSR count). The molecule has 1 aliphatic rings. The Kier molecular flexibility index (Phi) is 9.94. The molecular formula is C23H32ClN3O3. The van der Waals surface area contributed by atoms with E-state index in [1.165, 1.54) is 0 Å². The number of nitrogens with zero attached hydrogens (tertiary/aromatic N) is 1. The lowest BCUT2D eigenvalue weighted by atomic mass is 10.00. The van der Waals surface area contributed by atoms with Crippen molar-refractivity contribution >= 4 is 29.7 Å². The molecule has 1 aliphatic heterocycles. The molecular weight excluding hydrogens is 402 g/mol. The van der Waals surface area contributed by atoms with Gasteiger partial charge < -0.3 is 25.4 Å². The predicted octanol–water partition coefficient (Wildman–Crippen LogP) is 3.31. The van der Waals surface area contributed by atoms with E-state index in [1.807, 2.05) is 43.3 Å². The largest absolute Gasteiger partial charge is 0.398 e. The number of nitrogens with two attached hydrogens (primary N) is 1. The number of hydrogen-bond acceptors (Lipinski definition) is 5. The molecule has 0 spiro atoms. The first-order chi connectivity index (χ1) is 14.2. The number of hydrogen-bond donors (Lipinski definition) is 2. The summed E-state index contributed by atoms with van der Waals surface area (Å²) < 4.78 is 10.9. The third kappa shape index (κ3) is 6.90. The molecule has 164 valence electrons. The fraction of sp³-hybridized carbons (Fsp3) is 0.435. The van der Waals surface area contributed by atoms with Gasteiger partial charge in [0.25, 0.3) is 0 Å². The Labute approximate surface area is 185 Å². The molecule has 30 heavy (non-hydrogen) atoms. The highest BCUT2D eigenvalue weighted by molar-refractivity contribution is 5.85. The van der Waals surface area contributed by atoms with E-state index in [9.17, 15) is 4.79 Å². The van der Waals surface area contributed by atoms with E-state index in [4.69, 9.17) is 15.2 Å². The maximum absolute atomic E-state index is 12.5. The van der Waals surface area contributed by atoms with Gasteiger partial charge in [0.2, 0.25) is 5.91 Å². The SMILES string of the molecule is CCOCCOCc1cccc(CNC(=O)CN2CCCc3c(N)cccc32)c1.Cl. The molecule has 0 atom stereocenters. The zero-order chi connectivity index (χ0) is 20.5. The number of ether oxygens (including phenoxy) is 2. The Balaban J connectivity index is 0.00000320. The predicted molar refractivity (Wildman–Crippen MR) is 123 cm³/mol. The molecule has 0 fully saturated rings. The van der Waals surface area contributed by atoms with Crippen LogP contribution in [0.1, 0.15) is 30.0 Å². The van der Waals surface area contributed by atoms with Gasteiger partial charge in [0, 0.05) is 31.1 Å². The molecule has 2 aromatic rings. The Bertz CT molecular complexity index is 816. The standard InChI is InChI=1S/C23H31N3O3.ClH/c1-2-28-12-13-29-17-19-7-3-6-18(14-19)15-25-23(27)16-26-11-5-8-20-21(24)9-4-10-22(20)26;/h3-4,6-7,9-10,14H,2,5,8,11-13,15-17,24H2,1H3,(H,25,27);1H. The average Bonchev–Trinajstić information content (AvgIpc) is 2.73. The van der Waals surface area contributed by atoms with E-state index in [0.29, 0.717) is 39.5 Å². The Hall–Kier alpha value is -2.28. The maximum atomic E-state index is 12.5. The zero-order valence-corrected chi connectivity index (χ0v) is 18.4. The third-order valence-electron chi connectivity index (χ3n) is 5.04. The molecule has 2 aromatic carbocycles. The van der Waals surface area contributed by atoms with Crippen molar-refractivity contribution in [3.8, 4) is 0 Å². The number of nitrogens with one attached hydrogen (secondary N) is 1. The molecule has 0 saturated heterocycles. The summed E-state index contributed by atoms with van der Waals surface area (Å²) in [5.41, 5.74) is 11.3. The number of benzene rings is 2. The highest BCUT2D eigenvalue weighted by Gasteiger charge is 2.20. The molecule has 0 aromatic heterocycles. The summed E-state index contributed by atoms with van der Waals surface area (Å²) in [6, 6.07) is 14.0. The van der Waals surface area contributed by atoms with Crippen LogP contribution >= 0.6 is 12.4 Å². The van der Waals surface area contributed by atoms with Crippen LogP contribution in [-0.4, -0.2) is 38.8 Å². The average molecular weight is 434 g/mol. The van der Waals surface area contributed by atoms with Crippen molar-refractivity contribution in [2.75, 3.05) is 43.5 Å². The lowest BCUT2D eigenvalue weighted by Gasteiger charge is -2.31. The van der Waals surface area contributed by atoms with E-state index < -0.39 is 0 Å². The van der Waals surface area contributed by atoms with Crippen LogP contribution in [0.15, 0.2) is 42.5 Å². The van der Waals surface area contributed by atoms with Gasteiger partial charge >= 0.3 is 0 Å². The normalized spacial score (nSPS) is 12.8. The fourth-order valence-corrected chi connectivity index (χ4v) is 3.60. The maximum Gasteiger partial charge on any atom is 0.239 e. The van der Waals surface area contributed by atoms with Crippen molar-refractivity contribution in [3.63, 3.8) is 0 Å². The highest BCUT2D eigenvalue weighted by Crippen LogP contribution is 2.30. The second kappa shape index (κ2) is 12.4. The van der Waals surface area contributed by atoms with Crippen molar-refractivity contribution in [2.45, 2.75) is 32.9 Å². The van der Waals surface area contributed by atoms with Crippen LogP contribution in [0, 0.1) is 0 Å². The first-order valence-electron chi connectivity index (χ1n) is 10.3. The monoisotopic (exact) mass is 433 g/mol. The number of carbonyl (C=O) groups is 1. The summed E-state index contributed by atoms with van der Waals surface area (Å²) in [7, 11) is 0. The molecule has 0 bridgehead atoms. The Morgan fingerprint density at radius 1 is 1.13 bits per heavy atom. The van der Waals surface area contributed by atoms with E-state index in [2.05, 4.69) is 16.3 Å².